The van der Waals surface area contributed by atoms with E-state index in [0.717, 1.165) is 36.4 Å². The van der Waals surface area contributed by atoms with Crippen LogP contribution in [-0.4, -0.2) is 52.1 Å². The third kappa shape index (κ3) is 3.11. The summed E-state index contributed by atoms with van der Waals surface area (Å²) in [5.74, 6) is 0.0231. The van der Waals surface area contributed by atoms with Crippen LogP contribution in [0, 0.1) is 0 Å². The van der Waals surface area contributed by atoms with Gasteiger partial charge in [0.1, 0.15) is 6.04 Å². The van der Waals surface area contributed by atoms with Crippen LogP contribution >= 0.6 is 0 Å². The number of hydrogen-bond donors (Lipinski definition) is 2. The van der Waals surface area contributed by atoms with Gasteiger partial charge < -0.3 is 20.4 Å². The van der Waals surface area contributed by atoms with E-state index in [0.29, 0.717) is 0 Å². The molecule has 1 aliphatic rings. The Kier molecular flexibility index (Phi) is 4.62. The van der Waals surface area contributed by atoms with Crippen LogP contribution in [0.3, 0.4) is 0 Å². The lowest BCUT2D eigenvalue weighted by Gasteiger charge is -2.21. The lowest BCUT2D eigenvalue weighted by atomic mass is 10.1. The molecule has 0 aromatic heterocycles. The molecule has 0 saturated heterocycles. The Bertz CT molecular complexity index is 487. The maximum Gasteiger partial charge on any atom is 0.246 e. The van der Waals surface area contributed by atoms with E-state index in [-0.39, 0.29) is 11.9 Å². The number of hydrogen-bond acceptors (Lipinski definition) is 4. The molecule has 0 fully saturated rings. The van der Waals surface area contributed by atoms with E-state index in [4.69, 9.17) is 0 Å². The van der Waals surface area contributed by atoms with E-state index < -0.39 is 0 Å². The van der Waals surface area contributed by atoms with Gasteiger partial charge in [-0.2, -0.15) is 0 Å². The second-order valence-electron chi connectivity index (χ2n) is 5.56. The van der Waals surface area contributed by atoms with Crippen LogP contribution in [0.4, 0.5) is 11.4 Å². The Morgan fingerprint density at radius 2 is 2.00 bits per heavy atom. The number of likely N-dealkylation sites (N-methyl/N-ethyl adjacent to an activating group) is 1. The molecule has 1 unspecified atom stereocenters. The van der Waals surface area contributed by atoms with Crippen molar-refractivity contribution in [2.24, 2.45) is 0 Å². The smallest absolute Gasteiger partial charge is 0.246 e. The van der Waals surface area contributed by atoms with Crippen molar-refractivity contribution in [1.82, 2.24) is 10.2 Å². The van der Waals surface area contributed by atoms with Crippen LogP contribution < -0.4 is 15.5 Å². The highest BCUT2D eigenvalue weighted by Crippen LogP contribution is 2.33. The molecule has 2 N–H and O–H groups in total. The van der Waals surface area contributed by atoms with Gasteiger partial charge in [-0.25, -0.2) is 0 Å². The molecule has 0 spiro atoms. The monoisotopic (exact) mass is 276 g/mol. The largest absolute Gasteiger partial charge is 0.374 e. The minimum Gasteiger partial charge on any atom is -0.374 e. The molecule has 110 valence electrons. The normalized spacial score (nSPS) is 17.2. The van der Waals surface area contributed by atoms with Crippen LogP contribution in [0.15, 0.2) is 18.2 Å². The average molecular weight is 276 g/mol. The maximum atomic E-state index is 11.8. The van der Waals surface area contributed by atoms with Crippen LogP contribution in [0.1, 0.15) is 18.0 Å². The number of benzene rings is 1. The van der Waals surface area contributed by atoms with Gasteiger partial charge in [-0.05, 0) is 46.2 Å². The molecule has 5 heteroatoms. The Hall–Kier alpha value is -1.59. The first-order valence-electron chi connectivity index (χ1n) is 7.01. The zero-order valence-electron chi connectivity index (χ0n) is 12.7. The quantitative estimate of drug-likeness (QED) is 0.822. The molecule has 1 heterocycles. The Morgan fingerprint density at radius 1 is 1.25 bits per heavy atom. The maximum absolute atomic E-state index is 11.8. The van der Waals surface area contributed by atoms with Gasteiger partial charge in [0.15, 0.2) is 0 Å². The summed E-state index contributed by atoms with van der Waals surface area (Å²) < 4.78 is 0. The van der Waals surface area contributed by atoms with Gasteiger partial charge in [-0.3, -0.25) is 4.79 Å². The second-order valence-corrected chi connectivity index (χ2v) is 5.56. The van der Waals surface area contributed by atoms with E-state index in [1.807, 2.05) is 6.07 Å². The Morgan fingerprint density at radius 3 is 2.65 bits per heavy atom. The summed E-state index contributed by atoms with van der Waals surface area (Å²) in [5.41, 5.74) is 3.09. The van der Waals surface area contributed by atoms with Gasteiger partial charge in [0.05, 0.1) is 0 Å². The Labute approximate surface area is 120 Å². The first-order valence-corrected chi connectivity index (χ1v) is 7.01. The molecular weight excluding hydrogens is 252 g/mol. The summed E-state index contributed by atoms with van der Waals surface area (Å²) in [6, 6.07) is 5.95. The molecular formula is C15H24N4O. The lowest BCUT2D eigenvalue weighted by Crippen LogP contribution is -2.23. The summed E-state index contributed by atoms with van der Waals surface area (Å²) in [7, 11) is 8.07. The summed E-state index contributed by atoms with van der Waals surface area (Å²) in [4.78, 5) is 16.2. The highest BCUT2D eigenvalue weighted by Gasteiger charge is 2.29. The third-order valence-electron chi connectivity index (χ3n) is 3.70. The van der Waals surface area contributed by atoms with Gasteiger partial charge in [0.25, 0.3) is 0 Å². The SMILES string of the molecule is CNC1C(=O)Nc2cc(N(C)CCCN(C)C)ccc21. The number of anilines is 2. The van der Waals surface area contributed by atoms with Crippen molar-refractivity contribution in [1.29, 1.82) is 0 Å². The number of nitrogens with zero attached hydrogens (tertiary/aromatic N) is 2. The predicted octanol–water partition coefficient (Wildman–Crippen LogP) is 1.29. The molecule has 5 nitrogen and oxygen atoms in total. The van der Waals surface area contributed by atoms with Crippen LogP contribution in [0.5, 0.6) is 0 Å². The van der Waals surface area contributed by atoms with Gasteiger partial charge in [0.2, 0.25) is 5.91 Å². The number of rotatable bonds is 6. The number of carbonyl (C=O) groups is 1. The lowest BCUT2D eigenvalue weighted by molar-refractivity contribution is -0.117. The van der Waals surface area contributed by atoms with Gasteiger partial charge in [-0.15, -0.1) is 0 Å². The summed E-state index contributed by atoms with van der Waals surface area (Å²) in [6.45, 7) is 2.08. The third-order valence-corrected chi connectivity index (χ3v) is 3.70. The van der Waals surface area contributed by atoms with Crippen molar-refractivity contribution in [3.63, 3.8) is 0 Å². The number of fused-ring (bicyclic) bond motifs is 1. The fraction of sp³-hybridized carbons (Fsp3) is 0.533. The fourth-order valence-electron chi connectivity index (χ4n) is 2.53. The Balaban J connectivity index is 2.05. The standard InChI is InChI=1S/C15H24N4O/c1-16-14-12-7-6-11(10-13(12)17-15(14)20)19(4)9-5-8-18(2)3/h6-7,10,14,16H,5,8-9H2,1-4H3,(H,17,20). The number of amides is 1. The van der Waals surface area contributed by atoms with E-state index in [9.17, 15) is 4.79 Å². The van der Waals surface area contributed by atoms with Crippen LogP contribution in [0.25, 0.3) is 0 Å². The first kappa shape index (κ1) is 14.8. The first-order chi connectivity index (χ1) is 9.52. The van der Waals surface area contributed by atoms with Crippen LogP contribution in [-0.2, 0) is 4.79 Å². The minimum atomic E-state index is -0.224. The molecule has 0 aliphatic carbocycles. The van der Waals surface area contributed by atoms with E-state index >= 15 is 0 Å². The van der Waals surface area contributed by atoms with Crippen molar-refractivity contribution < 1.29 is 4.79 Å². The van der Waals surface area contributed by atoms with Gasteiger partial charge in [-0.1, -0.05) is 6.07 Å². The molecule has 1 amide bonds. The minimum absolute atomic E-state index is 0.0231. The summed E-state index contributed by atoms with van der Waals surface area (Å²) >= 11 is 0. The number of carbonyl (C=O) groups excluding carboxylic acids is 1. The van der Waals surface area contributed by atoms with Crippen molar-refractivity contribution in [2.45, 2.75) is 12.5 Å². The molecule has 1 aliphatic heterocycles. The van der Waals surface area contributed by atoms with Crippen molar-refractivity contribution in [3.8, 4) is 0 Å². The number of nitrogens with one attached hydrogen (secondary N) is 2. The molecule has 1 atom stereocenters. The predicted molar refractivity (Wildman–Crippen MR) is 83.3 cm³/mol. The highest BCUT2D eigenvalue weighted by molar-refractivity contribution is 6.03. The van der Waals surface area contributed by atoms with Crippen molar-refractivity contribution in [2.75, 3.05) is 51.5 Å². The molecule has 1 aromatic carbocycles. The van der Waals surface area contributed by atoms with Gasteiger partial charge >= 0.3 is 0 Å². The van der Waals surface area contributed by atoms with Crippen LogP contribution in [0.2, 0.25) is 0 Å². The topological polar surface area (TPSA) is 47.6 Å². The molecule has 0 radical (unpaired) electrons. The molecule has 0 saturated carbocycles. The molecule has 2 rings (SSSR count). The zero-order chi connectivity index (χ0) is 14.7. The fourth-order valence-corrected chi connectivity index (χ4v) is 2.53. The molecule has 0 bridgehead atoms. The van der Waals surface area contributed by atoms with Gasteiger partial charge in [0, 0.05) is 30.5 Å². The van der Waals surface area contributed by atoms with E-state index in [1.54, 1.807) is 7.05 Å². The van der Waals surface area contributed by atoms with Crippen molar-refractivity contribution >= 4 is 17.3 Å². The van der Waals surface area contributed by atoms with E-state index in [1.165, 1.54) is 0 Å². The molecule has 1 aromatic rings. The summed E-state index contributed by atoms with van der Waals surface area (Å²) in [6.07, 6.45) is 1.12. The molecule has 20 heavy (non-hydrogen) atoms. The summed E-state index contributed by atoms with van der Waals surface area (Å²) in [5, 5.41) is 5.97. The van der Waals surface area contributed by atoms with Crippen molar-refractivity contribution in [3.05, 3.63) is 23.8 Å². The average Bonchev–Trinajstić information content (AvgIpc) is 2.72. The highest BCUT2D eigenvalue weighted by atomic mass is 16.2. The van der Waals surface area contributed by atoms with E-state index in [2.05, 4.69) is 53.7 Å². The second kappa shape index (κ2) is 6.24. The zero-order valence-corrected chi connectivity index (χ0v) is 12.7.